The summed E-state index contributed by atoms with van der Waals surface area (Å²) in [5, 5.41) is 16.8. The van der Waals surface area contributed by atoms with Gasteiger partial charge in [0.1, 0.15) is 5.01 Å². The number of aliphatic hydroxyl groups is 1. The van der Waals surface area contributed by atoms with Crippen molar-refractivity contribution in [2.45, 2.75) is 32.2 Å². The van der Waals surface area contributed by atoms with E-state index in [1.54, 1.807) is 22.7 Å². The Bertz CT molecular complexity index is 537. The van der Waals surface area contributed by atoms with Gasteiger partial charge in [0.05, 0.1) is 17.0 Å². The van der Waals surface area contributed by atoms with Crippen LogP contribution in [0.1, 0.15) is 25.5 Å². The minimum atomic E-state index is -0.0340. The monoisotopic (exact) mass is 310 g/mol. The summed E-state index contributed by atoms with van der Waals surface area (Å²) in [6.07, 6.45) is 1.72. The van der Waals surface area contributed by atoms with E-state index in [1.807, 2.05) is 29.8 Å². The van der Waals surface area contributed by atoms with Crippen LogP contribution in [0.25, 0.3) is 9.88 Å². The molecule has 1 atom stereocenters. The second kappa shape index (κ2) is 7.52. The van der Waals surface area contributed by atoms with Gasteiger partial charge in [-0.15, -0.1) is 22.7 Å². The number of amides is 1. The van der Waals surface area contributed by atoms with Crippen molar-refractivity contribution < 1.29 is 9.90 Å². The van der Waals surface area contributed by atoms with E-state index in [0.717, 1.165) is 22.0 Å². The van der Waals surface area contributed by atoms with E-state index in [9.17, 15) is 4.79 Å². The van der Waals surface area contributed by atoms with Gasteiger partial charge in [0, 0.05) is 18.0 Å². The fourth-order valence-corrected chi connectivity index (χ4v) is 3.51. The number of nitrogens with one attached hydrogen (secondary N) is 1. The second-order valence-electron chi connectivity index (χ2n) is 4.48. The van der Waals surface area contributed by atoms with Gasteiger partial charge in [-0.25, -0.2) is 4.98 Å². The van der Waals surface area contributed by atoms with Gasteiger partial charge in [-0.3, -0.25) is 4.79 Å². The van der Waals surface area contributed by atoms with E-state index < -0.39 is 0 Å². The molecule has 4 nitrogen and oxygen atoms in total. The summed E-state index contributed by atoms with van der Waals surface area (Å²) < 4.78 is 0. The Hall–Kier alpha value is -1.24. The van der Waals surface area contributed by atoms with Crippen molar-refractivity contribution in [2.24, 2.45) is 0 Å². The lowest BCUT2D eigenvalue weighted by molar-refractivity contribution is -0.121. The molecule has 108 valence electrons. The van der Waals surface area contributed by atoms with E-state index in [-0.39, 0.29) is 18.6 Å². The molecule has 1 unspecified atom stereocenters. The molecule has 0 fully saturated rings. The number of hydrogen-bond acceptors (Lipinski definition) is 5. The maximum absolute atomic E-state index is 11.9. The molecule has 1 amide bonds. The topological polar surface area (TPSA) is 62.2 Å². The van der Waals surface area contributed by atoms with E-state index in [2.05, 4.69) is 10.3 Å². The zero-order valence-electron chi connectivity index (χ0n) is 11.3. The maximum atomic E-state index is 11.9. The molecule has 6 heteroatoms. The van der Waals surface area contributed by atoms with Crippen LogP contribution in [0.15, 0.2) is 22.9 Å². The van der Waals surface area contributed by atoms with Crippen molar-refractivity contribution in [3.63, 3.8) is 0 Å². The molecule has 2 heterocycles. The molecule has 0 aromatic carbocycles. The molecule has 2 rings (SSSR count). The third-order valence-corrected chi connectivity index (χ3v) is 4.89. The highest BCUT2D eigenvalue weighted by molar-refractivity contribution is 7.20. The van der Waals surface area contributed by atoms with Gasteiger partial charge in [-0.1, -0.05) is 13.0 Å². The molecule has 2 aromatic heterocycles. The maximum Gasteiger partial charge on any atom is 0.226 e. The molecular formula is C14H18N2O2S2. The van der Waals surface area contributed by atoms with Crippen LogP contribution in [-0.4, -0.2) is 28.6 Å². The summed E-state index contributed by atoms with van der Waals surface area (Å²) in [6, 6.07) is 4.07. The third-order valence-electron chi connectivity index (χ3n) is 2.96. The Kier molecular flexibility index (Phi) is 5.70. The van der Waals surface area contributed by atoms with Gasteiger partial charge in [-0.05, 0) is 24.3 Å². The number of aromatic nitrogens is 1. The Labute approximate surface area is 126 Å². The standard InChI is InChI=1S/C14H18N2O2S2/c1-2-10(5-6-17)15-13(18)8-11-9-20-14(16-11)12-4-3-7-19-12/h3-4,7,9-10,17H,2,5-6,8H2,1H3,(H,15,18). The Morgan fingerprint density at radius 2 is 2.35 bits per heavy atom. The Balaban J connectivity index is 1.91. The molecule has 0 aliphatic rings. The number of hydrogen-bond donors (Lipinski definition) is 2. The van der Waals surface area contributed by atoms with Crippen LogP contribution < -0.4 is 5.32 Å². The molecule has 20 heavy (non-hydrogen) atoms. The predicted octanol–water partition coefficient (Wildman–Crippen LogP) is 2.69. The number of nitrogens with zero attached hydrogens (tertiary/aromatic N) is 1. The van der Waals surface area contributed by atoms with Crippen molar-refractivity contribution in [3.8, 4) is 9.88 Å². The fourth-order valence-electron chi connectivity index (χ4n) is 1.88. The van der Waals surface area contributed by atoms with Crippen LogP contribution in [0.3, 0.4) is 0 Å². The highest BCUT2D eigenvalue weighted by Gasteiger charge is 2.13. The molecule has 0 radical (unpaired) electrons. The van der Waals surface area contributed by atoms with Crippen LogP contribution in [0, 0.1) is 0 Å². The van der Waals surface area contributed by atoms with Crippen molar-refractivity contribution in [1.29, 1.82) is 0 Å². The summed E-state index contributed by atoms with van der Waals surface area (Å²) in [4.78, 5) is 17.6. The van der Waals surface area contributed by atoms with E-state index in [1.165, 1.54) is 0 Å². The lowest BCUT2D eigenvalue weighted by Crippen LogP contribution is -2.36. The van der Waals surface area contributed by atoms with Crippen molar-refractivity contribution in [2.75, 3.05) is 6.61 Å². The molecule has 0 aliphatic heterocycles. The lowest BCUT2D eigenvalue weighted by Gasteiger charge is -2.15. The van der Waals surface area contributed by atoms with Crippen molar-refractivity contribution in [1.82, 2.24) is 10.3 Å². The van der Waals surface area contributed by atoms with Crippen LogP contribution >= 0.6 is 22.7 Å². The van der Waals surface area contributed by atoms with Crippen LogP contribution in [0.2, 0.25) is 0 Å². The van der Waals surface area contributed by atoms with E-state index >= 15 is 0 Å². The smallest absolute Gasteiger partial charge is 0.226 e. The molecule has 0 saturated carbocycles. The first-order valence-electron chi connectivity index (χ1n) is 6.61. The normalized spacial score (nSPS) is 12.3. The van der Waals surface area contributed by atoms with Crippen LogP contribution in [0.5, 0.6) is 0 Å². The minimum absolute atomic E-state index is 0.0340. The zero-order chi connectivity index (χ0) is 14.4. The van der Waals surface area contributed by atoms with Gasteiger partial charge in [0.2, 0.25) is 5.91 Å². The summed E-state index contributed by atoms with van der Waals surface area (Å²) in [7, 11) is 0. The molecule has 2 aromatic rings. The first-order chi connectivity index (χ1) is 9.72. The molecule has 2 N–H and O–H groups in total. The largest absolute Gasteiger partial charge is 0.396 e. The van der Waals surface area contributed by atoms with Gasteiger partial charge >= 0.3 is 0 Å². The summed E-state index contributed by atoms with van der Waals surface area (Å²) in [5.74, 6) is -0.0340. The number of carbonyl (C=O) groups excluding carboxylic acids is 1. The molecule has 0 saturated heterocycles. The summed E-state index contributed by atoms with van der Waals surface area (Å²) >= 11 is 3.21. The average Bonchev–Trinajstić information content (AvgIpc) is 3.08. The van der Waals surface area contributed by atoms with Gasteiger partial charge in [0.25, 0.3) is 0 Å². The number of rotatable bonds is 7. The average molecular weight is 310 g/mol. The minimum Gasteiger partial charge on any atom is -0.396 e. The molecule has 0 spiro atoms. The Morgan fingerprint density at radius 3 is 3.00 bits per heavy atom. The van der Waals surface area contributed by atoms with Crippen molar-refractivity contribution >= 4 is 28.6 Å². The third kappa shape index (κ3) is 4.13. The number of thiazole rings is 1. The van der Waals surface area contributed by atoms with Gasteiger partial charge in [-0.2, -0.15) is 0 Å². The summed E-state index contributed by atoms with van der Waals surface area (Å²) in [6.45, 7) is 2.09. The van der Waals surface area contributed by atoms with E-state index in [4.69, 9.17) is 5.11 Å². The number of thiophene rings is 1. The van der Waals surface area contributed by atoms with E-state index in [0.29, 0.717) is 12.8 Å². The number of aliphatic hydroxyl groups excluding tert-OH is 1. The zero-order valence-corrected chi connectivity index (χ0v) is 13.0. The van der Waals surface area contributed by atoms with Crippen LogP contribution in [-0.2, 0) is 11.2 Å². The number of carbonyl (C=O) groups is 1. The predicted molar refractivity (Wildman–Crippen MR) is 83.1 cm³/mol. The highest BCUT2D eigenvalue weighted by atomic mass is 32.1. The fraction of sp³-hybridized carbons (Fsp3) is 0.429. The van der Waals surface area contributed by atoms with Gasteiger partial charge in [0.15, 0.2) is 0 Å². The highest BCUT2D eigenvalue weighted by Crippen LogP contribution is 2.27. The van der Waals surface area contributed by atoms with Crippen LogP contribution in [0.4, 0.5) is 0 Å². The molecule has 0 aliphatic carbocycles. The SMILES string of the molecule is CCC(CCO)NC(=O)Cc1csc(-c2cccs2)n1. The quantitative estimate of drug-likeness (QED) is 0.826. The first-order valence-corrected chi connectivity index (χ1v) is 8.37. The second-order valence-corrected chi connectivity index (χ2v) is 6.29. The lowest BCUT2D eigenvalue weighted by atomic mass is 10.1. The molecular weight excluding hydrogens is 292 g/mol. The Morgan fingerprint density at radius 1 is 1.50 bits per heavy atom. The molecule has 0 bridgehead atoms. The first kappa shape index (κ1) is 15.2. The summed E-state index contributed by atoms with van der Waals surface area (Å²) in [5.41, 5.74) is 0.801. The van der Waals surface area contributed by atoms with Gasteiger partial charge < -0.3 is 10.4 Å². The van der Waals surface area contributed by atoms with Crippen molar-refractivity contribution in [3.05, 3.63) is 28.6 Å².